The molecule has 5 heterocycles. The summed E-state index contributed by atoms with van der Waals surface area (Å²) >= 11 is 0. The zero-order chi connectivity index (χ0) is 28.2. The van der Waals surface area contributed by atoms with Crippen molar-refractivity contribution in [3.05, 3.63) is 84.5 Å². The summed E-state index contributed by atoms with van der Waals surface area (Å²) in [5.74, 6) is -0.840. The summed E-state index contributed by atoms with van der Waals surface area (Å²) < 4.78 is 29.2. The lowest BCUT2D eigenvalue weighted by atomic mass is 9.96. The van der Waals surface area contributed by atoms with Gasteiger partial charge in [0.25, 0.3) is 11.1 Å². The van der Waals surface area contributed by atoms with Gasteiger partial charge in [-0.3, -0.25) is 24.5 Å². The van der Waals surface area contributed by atoms with E-state index in [9.17, 15) is 27.6 Å². The van der Waals surface area contributed by atoms with Gasteiger partial charge in [0.05, 0.1) is 23.9 Å². The van der Waals surface area contributed by atoms with Crippen molar-refractivity contribution in [3.63, 3.8) is 0 Å². The molecule has 2 aliphatic rings. The van der Waals surface area contributed by atoms with E-state index in [1.165, 1.54) is 11.4 Å². The second-order valence-corrected chi connectivity index (χ2v) is 12.0. The first-order valence-electron chi connectivity index (χ1n) is 12.9. The van der Waals surface area contributed by atoms with Gasteiger partial charge in [0, 0.05) is 37.0 Å². The molecule has 6 rings (SSSR count). The summed E-state index contributed by atoms with van der Waals surface area (Å²) in [6.07, 6.45) is 1.25. The number of amides is 1. The first-order valence-corrected chi connectivity index (χ1v) is 14.4. The van der Waals surface area contributed by atoms with Gasteiger partial charge in [-0.05, 0) is 31.7 Å². The second kappa shape index (κ2) is 9.71. The summed E-state index contributed by atoms with van der Waals surface area (Å²) in [6.45, 7) is 1.87. The highest BCUT2D eigenvalue weighted by molar-refractivity contribution is 7.89. The third-order valence-electron chi connectivity index (χ3n) is 7.57. The number of nitrogens with zero attached hydrogens (tertiary/aromatic N) is 4. The highest BCUT2D eigenvalue weighted by Crippen LogP contribution is 2.27. The fourth-order valence-corrected chi connectivity index (χ4v) is 7.32. The van der Waals surface area contributed by atoms with Gasteiger partial charge in [-0.15, -0.1) is 0 Å². The molecule has 0 aliphatic carbocycles. The third kappa shape index (κ3) is 4.38. The largest absolute Gasteiger partial charge is 0.336 e. The minimum Gasteiger partial charge on any atom is -0.336 e. The molecule has 0 unspecified atom stereocenters. The minimum absolute atomic E-state index is 0.0568. The van der Waals surface area contributed by atoms with E-state index in [-0.39, 0.29) is 36.8 Å². The Bertz CT molecular complexity index is 1920. The summed E-state index contributed by atoms with van der Waals surface area (Å²) in [5, 5.41) is 3.11. The Labute approximate surface area is 227 Å². The van der Waals surface area contributed by atoms with E-state index >= 15 is 0 Å². The average molecular weight is 566 g/mol. The van der Waals surface area contributed by atoms with Crippen LogP contribution in [0.1, 0.15) is 29.8 Å². The number of aromatic amines is 3. The Hall–Kier alpha value is -4.30. The van der Waals surface area contributed by atoms with Crippen molar-refractivity contribution in [2.75, 3.05) is 19.6 Å². The van der Waals surface area contributed by atoms with E-state index in [1.807, 2.05) is 35.3 Å². The van der Waals surface area contributed by atoms with Crippen LogP contribution in [0.2, 0.25) is 0 Å². The van der Waals surface area contributed by atoms with Crippen molar-refractivity contribution < 1.29 is 13.2 Å². The molecule has 3 N–H and O–H groups in total. The first-order chi connectivity index (χ1) is 19.1. The lowest BCUT2D eigenvalue weighted by Gasteiger charge is -2.35. The number of fused-ring (bicyclic) bond motifs is 2. The molecular weight excluding hydrogens is 538 g/mol. The molecule has 1 saturated heterocycles. The van der Waals surface area contributed by atoms with Gasteiger partial charge < -0.3 is 9.88 Å². The monoisotopic (exact) mass is 565 g/mol. The maximum atomic E-state index is 13.6. The van der Waals surface area contributed by atoms with Gasteiger partial charge in [-0.2, -0.15) is 4.31 Å². The van der Waals surface area contributed by atoms with E-state index in [0.29, 0.717) is 42.7 Å². The van der Waals surface area contributed by atoms with Crippen molar-refractivity contribution >= 4 is 21.6 Å². The van der Waals surface area contributed by atoms with Crippen LogP contribution in [-0.4, -0.2) is 67.7 Å². The topological polar surface area (TPSA) is 174 Å². The van der Waals surface area contributed by atoms with Crippen LogP contribution in [0, 0.1) is 12.8 Å². The fraction of sp³-hybridized carbons (Fsp3) is 0.346. The fourth-order valence-electron chi connectivity index (χ4n) is 5.60. The molecule has 1 fully saturated rings. The SMILES string of the molecule is Cc1[nH]c(=O)[nH]c(=O)c1S(=O)(=O)N1CCC[C@H](C(=O)N2CCc3c(nc4cc(-c5ccccc5)[nH]n4c3=O)C2)C1. The van der Waals surface area contributed by atoms with Crippen molar-refractivity contribution in [3.8, 4) is 11.3 Å². The van der Waals surface area contributed by atoms with Crippen LogP contribution < -0.4 is 16.8 Å². The van der Waals surface area contributed by atoms with Crippen molar-refractivity contribution in [2.45, 2.75) is 37.6 Å². The van der Waals surface area contributed by atoms with E-state index < -0.39 is 32.1 Å². The summed E-state index contributed by atoms with van der Waals surface area (Å²) in [7, 11) is -4.25. The van der Waals surface area contributed by atoms with Gasteiger partial charge >= 0.3 is 5.69 Å². The molecule has 14 heteroatoms. The Balaban J connectivity index is 1.24. The smallest absolute Gasteiger partial charge is 0.325 e. The van der Waals surface area contributed by atoms with E-state index in [0.717, 1.165) is 15.6 Å². The molecule has 0 saturated carbocycles. The van der Waals surface area contributed by atoms with Gasteiger partial charge in [0.1, 0.15) is 0 Å². The second-order valence-electron chi connectivity index (χ2n) is 10.1. The van der Waals surface area contributed by atoms with Crippen LogP contribution in [0.15, 0.2) is 55.7 Å². The maximum absolute atomic E-state index is 13.6. The number of carbonyl (C=O) groups is 1. The van der Waals surface area contributed by atoms with Crippen LogP contribution in [0.4, 0.5) is 0 Å². The zero-order valence-corrected chi connectivity index (χ0v) is 22.5. The molecule has 1 atom stereocenters. The van der Waals surface area contributed by atoms with Gasteiger partial charge in [0.15, 0.2) is 10.5 Å². The minimum atomic E-state index is -4.25. The van der Waals surface area contributed by atoms with Crippen LogP contribution in [0.25, 0.3) is 16.9 Å². The van der Waals surface area contributed by atoms with Crippen LogP contribution in [0.3, 0.4) is 0 Å². The number of sulfonamides is 1. The summed E-state index contributed by atoms with van der Waals surface area (Å²) in [5.41, 5.74) is 1.14. The molecule has 4 aromatic rings. The number of benzene rings is 1. The Kier molecular flexibility index (Phi) is 6.30. The molecule has 2 aliphatic heterocycles. The quantitative estimate of drug-likeness (QED) is 0.320. The predicted molar refractivity (Wildman–Crippen MR) is 144 cm³/mol. The molecule has 3 aromatic heterocycles. The molecule has 1 amide bonds. The summed E-state index contributed by atoms with van der Waals surface area (Å²) in [4.78, 5) is 60.7. The first kappa shape index (κ1) is 26.0. The van der Waals surface area contributed by atoms with Gasteiger partial charge in [-0.1, -0.05) is 30.3 Å². The lowest BCUT2D eigenvalue weighted by Crippen LogP contribution is -2.49. The molecule has 0 spiro atoms. The van der Waals surface area contributed by atoms with Gasteiger partial charge in [-0.25, -0.2) is 22.7 Å². The number of rotatable bonds is 4. The molecule has 13 nitrogen and oxygen atoms in total. The number of nitrogens with one attached hydrogen (secondary N) is 3. The number of aromatic nitrogens is 5. The standard InChI is InChI=1S/C26H27N7O6S/c1-15-22(23(34)29-26(37)27-15)40(38,39)32-10-5-8-17(13-32)24(35)31-11-9-18-20(14-31)28-21-12-19(30-33(21)25(18)36)16-6-3-2-4-7-16/h2-4,6-7,12,17,30H,5,8-11,13-14H2,1H3,(H2,27,29,34,37)/t17-/m0/s1. The third-order valence-corrected chi connectivity index (χ3v) is 9.59. The van der Waals surface area contributed by atoms with Gasteiger partial charge in [0.2, 0.25) is 15.9 Å². The predicted octanol–water partition coefficient (Wildman–Crippen LogP) is 0.360. The number of hydrogen-bond donors (Lipinski definition) is 3. The van der Waals surface area contributed by atoms with Crippen LogP contribution in [-0.2, 0) is 27.8 Å². The lowest BCUT2D eigenvalue weighted by molar-refractivity contribution is -0.137. The Morgan fingerprint density at radius 1 is 1.07 bits per heavy atom. The highest BCUT2D eigenvalue weighted by Gasteiger charge is 2.38. The number of carbonyl (C=O) groups excluding carboxylic acids is 1. The van der Waals surface area contributed by atoms with Crippen molar-refractivity contribution in [1.82, 2.24) is 33.8 Å². The van der Waals surface area contributed by atoms with E-state index in [1.54, 1.807) is 11.0 Å². The van der Waals surface area contributed by atoms with Crippen LogP contribution >= 0.6 is 0 Å². The van der Waals surface area contributed by atoms with E-state index in [4.69, 9.17) is 0 Å². The normalized spacial score (nSPS) is 18.1. The average Bonchev–Trinajstić information content (AvgIpc) is 3.37. The molecule has 0 bridgehead atoms. The molecule has 1 aromatic carbocycles. The number of aryl methyl sites for hydroxylation is 1. The number of piperidine rings is 1. The van der Waals surface area contributed by atoms with E-state index in [2.05, 4.69) is 15.1 Å². The molecule has 208 valence electrons. The summed E-state index contributed by atoms with van der Waals surface area (Å²) in [6, 6.07) is 11.4. The Morgan fingerprint density at radius 2 is 1.85 bits per heavy atom. The van der Waals surface area contributed by atoms with Crippen molar-refractivity contribution in [2.24, 2.45) is 5.92 Å². The van der Waals surface area contributed by atoms with Crippen molar-refractivity contribution in [1.29, 1.82) is 0 Å². The molecular formula is C26H27N7O6S. The number of hydrogen-bond acceptors (Lipinski definition) is 7. The maximum Gasteiger partial charge on any atom is 0.325 e. The zero-order valence-electron chi connectivity index (χ0n) is 21.6. The molecule has 0 radical (unpaired) electrons. The van der Waals surface area contributed by atoms with Crippen LogP contribution in [0.5, 0.6) is 0 Å². The highest BCUT2D eigenvalue weighted by atomic mass is 32.2. The Morgan fingerprint density at radius 3 is 2.60 bits per heavy atom. The number of H-pyrrole nitrogens is 3. The molecule has 40 heavy (non-hydrogen) atoms.